The molecule has 0 unspecified atom stereocenters. The fourth-order valence-corrected chi connectivity index (χ4v) is 3.51. The van der Waals surface area contributed by atoms with E-state index in [9.17, 15) is 4.79 Å². The highest BCUT2D eigenvalue weighted by Crippen LogP contribution is 2.16. The van der Waals surface area contributed by atoms with Gasteiger partial charge in [-0.3, -0.25) is 9.88 Å². The van der Waals surface area contributed by atoms with Crippen molar-refractivity contribution in [3.63, 3.8) is 0 Å². The first kappa shape index (κ1) is 19.2. The van der Waals surface area contributed by atoms with Crippen molar-refractivity contribution >= 4 is 6.09 Å². The van der Waals surface area contributed by atoms with Crippen LogP contribution in [0.25, 0.3) is 0 Å². The van der Waals surface area contributed by atoms with Gasteiger partial charge in [0.1, 0.15) is 5.75 Å². The van der Waals surface area contributed by atoms with Crippen LogP contribution in [-0.4, -0.2) is 58.6 Å². The second kappa shape index (κ2) is 9.39. The summed E-state index contributed by atoms with van der Waals surface area (Å²) in [7, 11) is 0. The highest BCUT2D eigenvalue weighted by Gasteiger charge is 2.22. The summed E-state index contributed by atoms with van der Waals surface area (Å²) in [5, 5.41) is 0. The minimum Gasteiger partial charge on any atom is -0.410 e. The van der Waals surface area contributed by atoms with E-state index in [1.54, 1.807) is 11.1 Å². The zero-order valence-corrected chi connectivity index (χ0v) is 16.5. The molecule has 0 atom stereocenters. The van der Waals surface area contributed by atoms with Crippen LogP contribution in [0, 0.1) is 0 Å². The third kappa shape index (κ3) is 5.45. The topological polar surface area (TPSA) is 61.5 Å². The van der Waals surface area contributed by atoms with Crippen molar-refractivity contribution < 1.29 is 9.53 Å². The van der Waals surface area contributed by atoms with Crippen LogP contribution < -0.4 is 4.74 Å². The number of amides is 1. The minimum atomic E-state index is -0.272. The van der Waals surface area contributed by atoms with Gasteiger partial charge in [-0.15, -0.1) is 0 Å². The zero-order valence-electron chi connectivity index (χ0n) is 16.5. The Balaban J connectivity index is 1.22. The van der Waals surface area contributed by atoms with Crippen molar-refractivity contribution in [1.82, 2.24) is 19.8 Å². The number of H-pyrrole nitrogens is 1. The van der Waals surface area contributed by atoms with Gasteiger partial charge in [0, 0.05) is 69.3 Å². The largest absolute Gasteiger partial charge is 0.415 e. The molecule has 29 heavy (non-hydrogen) atoms. The van der Waals surface area contributed by atoms with E-state index < -0.39 is 0 Å². The summed E-state index contributed by atoms with van der Waals surface area (Å²) in [5.41, 5.74) is 3.41. The van der Waals surface area contributed by atoms with Crippen LogP contribution in [0.3, 0.4) is 0 Å². The lowest BCUT2D eigenvalue weighted by atomic mass is 10.1. The van der Waals surface area contributed by atoms with Crippen molar-refractivity contribution in [2.75, 3.05) is 32.7 Å². The molecule has 3 heterocycles. The lowest BCUT2D eigenvalue weighted by molar-refractivity contribution is 0.111. The highest BCUT2D eigenvalue weighted by molar-refractivity contribution is 5.70. The number of nitrogens with zero attached hydrogens (tertiary/aromatic N) is 3. The first-order valence-electron chi connectivity index (χ1n) is 10.1. The fourth-order valence-electron chi connectivity index (χ4n) is 3.51. The molecule has 0 bridgehead atoms. The molecule has 3 aromatic rings. The maximum Gasteiger partial charge on any atom is 0.415 e. The quantitative estimate of drug-likeness (QED) is 0.701. The van der Waals surface area contributed by atoms with Crippen molar-refractivity contribution in [2.24, 2.45) is 0 Å². The second-order valence-corrected chi connectivity index (χ2v) is 7.28. The molecule has 6 nitrogen and oxygen atoms in total. The Hall–Kier alpha value is -3.12. The van der Waals surface area contributed by atoms with Gasteiger partial charge in [-0.25, -0.2) is 4.79 Å². The minimum absolute atomic E-state index is 0.272. The van der Waals surface area contributed by atoms with Crippen molar-refractivity contribution in [3.05, 3.63) is 83.9 Å². The smallest absolute Gasteiger partial charge is 0.410 e. The van der Waals surface area contributed by atoms with Crippen LogP contribution in [0.4, 0.5) is 4.79 Å². The van der Waals surface area contributed by atoms with Crippen LogP contribution in [0.1, 0.15) is 17.0 Å². The Morgan fingerprint density at radius 3 is 2.52 bits per heavy atom. The maximum absolute atomic E-state index is 12.5. The van der Waals surface area contributed by atoms with E-state index in [1.165, 1.54) is 5.69 Å². The predicted octanol–water partition coefficient (Wildman–Crippen LogP) is 3.36. The van der Waals surface area contributed by atoms with Gasteiger partial charge in [-0.05, 0) is 42.0 Å². The number of carbonyl (C=O) groups excluding carboxylic acids is 1. The molecule has 1 aliphatic heterocycles. The third-order valence-corrected chi connectivity index (χ3v) is 5.23. The van der Waals surface area contributed by atoms with Gasteiger partial charge in [-0.2, -0.15) is 0 Å². The number of carbonyl (C=O) groups is 1. The van der Waals surface area contributed by atoms with Crippen LogP contribution in [0.15, 0.2) is 67.0 Å². The molecule has 0 spiro atoms. The molecule has 4 rings (SSSR count). The van der Waals surface area contributed by atoms with Crippen molar-refractivity contribution in [2.45, 2.75) is 12.8 Å². The maximum atomic E-state index is 12.5. The van der Waals surface area contributed by atoms with Gasteiger partial charge in [0.15, 0.2) is 0 Å². The summed E-state index contributed by atoms with van der Waals surface area (Å²) in [6.07, 6.45) is 5.24. The summed E-state index contributed by atoms with van der Waals surface area (Å²) in [4.78, 5) is 24.2. The monoisotopic (exact) mass is 390 g/mol. The van der Waals surface area contributed by atoms with Crippen LogP contribution in [-0.2, 0) is 12.8 Å². The molecule has 0 saturated carbocycles. The normalized spacial score (nSPS) is 14.7. The van der Waals surface area contributed by atoms with E-state index in [0.717, 1.165) is 43.7 Å². The Morgan fingerprint density at radius 2 is 1.83 bits per heavy atom. The van der Waals surface area contributed by atoms with Gasteiger partial charge < -0.3 is 14.6 Å². The number of aromatic nitrogens is 2. The van der Waals surface area contributed by atoms with Gasteiger partial charge >= 0.3 is 6.09 Å². The van der Waals surface area contributed by atoms with E-state index in [2.05, 4.69) is 20.9 Å². The van der Waals surface area contributed by atoms with Gasteiger partial charge in [0.05, 0.1) is 0 Å². The average Bonchev–Trinajstić information content (AvgIpc) is 3.28. The first-order valence-corrected chi connectivity index (χ1v) is 10.1. The number of aromatic amines is 1. The van der Waals surface area contributed by atoms with Crippen molar-refractivity contribution in [3.8, 4) is 5.75 Å². The molecular weight excluding hydrogens is 364 g/mol. The zero-order chi connectivity index (χ0) is 19.9. The summed E-state index contributed by atoms with van der Waals surface area (Å²) >= 11 is 0. The molecule has 0 radical (unpaired) electrons. The van der Waals surface area contributed by atoms with E-state index in [1.807, 2.05) is 54.7 Å². The molecule has 1 N–H and O–H groups in total. The standard InChI is InChI=1S/C23H26N4O2/c28-23(27-16-14-26(15-17-27)13-10-20-5-3-12-24-20)29-22-8-6-19(7-9-22)18-21-4-1-2-11-25-21/h1-9,11-12,24H,10,13-18H2. The highest BCUT2D eigenvalue weighted by atomic mass is 16.6. The van der Waals surface area contributed by atoms with Crippen LogP contribution >= 0.6 is 0 Å². The Morgan fingerprint density at radius 1 is 1.00 bits per heavy atom. The lowest BCUT2D eigenvalue weighted by Gasteiger charge is -2.33. The number of hydrogen-bond donors (Lipinski definition) is 1. The number of piperazine rings is 1. The molecule has 6 heteroatoms. The fraction of sp³-hybridized carbons (Fsp3) is 0.304. The molecule has 0 aliphatic carbocycles. The molecule has 1 aliphatic rings. The van der Waals surface area contributed by atoms with Gasteiger partial charge in [-0.1, -0.05) is 18.2 Å². The van der Waals surface area contributed by atoms with E-state index in [-0.39, 0.29) is 6.09 Å². The SMILES string of the molecule is O=C(Oc1ccc(Cc2ccccn2)cc1)N1CCN(CCc2ccc[nH]2)CC1. The molecule has 1 aromatic carbocycles. The summed E-state index contributed by atoms with van der Waals surface area (Å²) in [6.45, 7) is 4.14. The molecule has 2 aromatic heterocycles. The Bertz CT molecular complexity index is 886. The Kier molecular flexibility index (Phi) is 6.22. The first-order chi connectivity index (χ1) is 14.3. The summed E-state index contributed by atoms with van der Waals surface area (Å²) in [6, 6.07) is 17.7. The molecular formula is C23H26N4O2. The molecule has 1 fully saturated rings. The number of ether oxygens (including phenoxy) is 1. The van der Waals surface area contributed by atoms with Crippen LogP contribution in [0.2, 0.25) is 0 Å². The van der Waals surface area contributed by atoms with E-state index >= 15 is 0 Å². The lowest BCUT2D eigenvalue weighted by Crippen LogP contribution is -2.49. The van der Waals surface area contributed by atoms with Gasteiger partial charge in [0.25, 0.3) is 0 Å². The third-order valence-electron chi connectivity index (χ3n) is 5.23. The Labute approximate surface area is 171 Å². The van der Waals surface area contributed by atoms with Crippen molar-refractivity contribution in [1.29, 1.82) is 0 Å². The number of pyridine rings is 1. The van der Waals surface area contributed by atoms with Crippen LogP contribution in [0.5, 0.6) is 5.75 Å². The van der Waals surface area contributed by atoms with E-state index in [0.29, 0.717) is 18.8 Å². The molecule has 1 amide bonds. The number of hydrogen-bond acceptors (Lipinski definition) is 4. The number of nitrogens with one attached hydrogen (secondary N) is 1. The van der Waals surface area contributed by atoms with Gasteiger partial charge in [0.2, 0.25) is 0 Å². The molecule has 150 valence electrons. The number of rotatable bonds is 6. The second-order valence-electron chi connectivity index (χ2n) is 7.28. The average molecular weight is 390 g/mol. The predicted molar refractivity (Wildman–Crippen MR) is 112 cm³/mol. The van der Waals surface area contributed by atoms with E-state index in [4.69, 9.17) is 4.74 Å². The number of benzene rings is 1. The molecule has 1 saturated heterocycles. The summed E-state index contributed by atoms with van der Waals surface area (Å²) in [5.74, 6) is 0.578. The summed E-state index contributed by atoms with van der Waals surface area (Å²) < 4.78 is 5.56.